The van der Waals surface area contributed by atoms with Crippen LogP contribution in [-0.4, -0.2) is 16.3 Å². The molecule has 2 nitrogen and oxygen atoms in total. The summed E-state index contributed by atoms with van der Waals surface area (Å²) in [4.78, 5) is 12.3. The fraction of sp³-hybridized carbons (Fsp3) is 0.133. The highest BCUT2D eigenvalue weighted by Crippen LogP contribution is 2.27. The molecule has 0 saturated heterocycles. The summed E-state index contributed by atoms with van der Waals surface area (Å²) in [6.07, 6.45) is 0.500. The highest BCUT2D eigenvalue weighted by atomic mass is 127. The van der Waals surface area contributed by atoms with Crippen LogP contribution < -0.4 is 0 Å². The second-order valence-corrected chi connectivity index (χ2v) is 7.19. The molecular weight excluding hydrogens is 407 g/mol. The van der Waals surface area contributed by atoms with Gasteiger partial charge < -0.3 is 5.11 Å². The van der Waals surface area contributed by atoms with E-state index < -0.39 is 11.2 Å². The molecule has 1 atom stereocenters. The van der Waals surface area contributed by atoms with E-state index in [9.17, 15) is 9.90 Å². The van der Waals surface area contributed by atoms with Gasteiger partial charge in [-0.05, 0) is 71.0 Å². The Morgan fingerprint density at radius 3 is 2.30 bits per heavy atom. The third kappa shape index (κ3) is 4.68. The summed E-state index contributed by atoms with van der Waals surface area (Å²) in [5, 5.41) is 9.50. The molecule has 5 heteroatoms. The quantitative estimate of drug-likeness (QED) is 0.563. The summed E-state index contributed by atoms with van der Waals surface area (Å²) in [6, 6.07) is 15.2. The van der Waals surface area contributed by atoms with Crippen molar-refractivity contribution in [1.29, 1.82) is 0 Å². The van der Waals surface area contributed by atoms with Crippen LogP contribution >= 0.6 is 46.0 Å². The summed E-state index contributed by atoms with van der Waals surface area (Å²) in [5.74, 6) is -0.802. The fourth-order valence-corrected chi connectivity index (χ4v) is 3.18. The zero-order chi connectivity index (χ0) is 14.5. The Morgan fingerprint density at radius 2 is 1.75 bits per heavy atom. The van der Waals surface area contributed by atoms with Crippen molar-refractivity contribution in [2.24, 2.45) is 0 Å². The first-order valence-corrected chi connectivity index (χ1v) is 8.28. The van der Waals surface area contributed by atoms with E-state index in [4.69, 9.17) is 11.6 Å². The molecule has 2 aromatic rings. The van der Waals surface area contributed by atoms with Gasteiger partial charge >= 0.3 is 5.97 Å². The minimum Gasteiger partial charge on any atom is -0.480 e. The first-order chi connectivity index (χ1) is 9.54. The maximum absolute atomic E-state index is 11.4. The predicted octanol–water partition coefficient (Wildman–Crippen LogP) is 4.73. The van der Waals surface area contributed by atoms with E-state index in [1.54, 1.807) is 12.1 Å². The number of thioether (sulfide) groups is 1. The lowest BCUT2D eigenvalue weighted by Crippen LogP contribution is -2.19. The molecule has 0 radical (unpaired) electrons. The molecule has 0 heterocycles. The van der Waals surface area contributed by atoms with E-state index >= 15 is 0 Å². The van der Waals surface area contributed by atoms with Crippen LogP contribution in [0.5, 0.6) is 0 Å². The highest BCUT2D eigenvalue weighted by molar-refractivity contribution is 14.1. The lowest BCUT2D eigenvalue weighted by atomic mass is 10.1. The normalized spacial score (nSPS) is 12.1. The smallest absolute Gasteiger partial charge is 0.317 e. The molecule has 0 aromatic heterocycles. The van der Waals surface area contributed by atoms with E-state index in [2.05, 4.69) is 22.6 Å². The molecule has 20 heavy (non-hydrogen) atoms. The molecule has 2 aromatic carbocycles. The molecule has 0 saturated carbocycles. The minimum absolute atomic E-state index is 0.500. The third-order valence-corrected chi connectivity index (χ3v) is 4.87. The van der Waals surface area contributed by atoms with Gasteiger partial charge in [-0.3, -0.25) is 4.79 Å². The number of carbonyl (C=O) groups is 1. The van der Waals surface area contributed by atoms with E-state index in [0.29, 0.717) is 11.4 Å². The van der Waals surface area contributed by atoms with Crippen LogP contribution in [0.4, 0.5) is 0 Å². The number of hydrogen-bond donors (Lipinski definition) is 1. The molecule has 0 aliphatic rings. The Bertz CT molecular complexity index is 536. The number of rotatable bonds is 5. The minimum atomic E-state index is -0.802. The van der Waals surface area contributed by atoms with Gasteiger partial charge in [0.1, 0.15) is 5.25 Å². The molecule has 2 rings (SSSR count). The van der Waals surface area contributed by atoms with Crippen LogP contribution in [0.25, 0.3) is 0 Å². The van der Waals surface area contributed by atoms with Crippen molar-refractivity contribution in [3.8, 4) is 0 Å². The van der Waals surface area contributed by atoms with Crippen LogP contribution in [0.2, 0.25) is 5.02 Å². The standard InChI is InChI=1S/C15H12ClIO2S/c16-11-3-7-13(8-4-11)20-14(15(18)19)9-10-1-5-12(17)6-2-10/h1-8,14H,9H2,(H,18,19)/t14-/m1/s1. The lowest BCUT2D eigenvalue weighted by molar-refractivity contribution is -0.136. The van der Waals surface area contributed by atoms with Gasteiger partial charge in [0.2, 0.25) is 0 Å². The van der Waals surface area contributed by atoms with Gasteiger partial charge in [0, 0.05) is 13.5 Å². The lowest BCUT2D eigenvalue weighted by Gasteiger charge is -2.12. The van der Waals surface area contributed by atoms with Crippen molar-refractivity contribution < 1.29 is 9.90 Å². The number of hydrogen-bond acceptors (Lipinski definition) is 2. The summed E-state index contributed by atoms with van der Waals surface area (Å²) >= 11 is 9.40. The number of carboxylic acids is 1. The zero-order valence-corrected chi connectivity index (χ0v) is 14.2. The molecule has 0 aliphatic carbocycles. The molecule has 0 spiro atoms. The van der Waals surface area contributed by atoms with Gasteiger partial charge in [0.15, 0.2) is 0 Å². The van der Waals surface area contributed by atoms with Crippen molar-refractivity contribution in [1.82, 2.24) is 0 Å². The SMILES string of the molecule is O=C(O)[C@@H](Cc1ccc(I)cc1)Sc1ccc(Cl)cc1. The van der Waals surface area contributed by atoms with Crippen molar-refractivity contribution in [2.45, 2.75) is 16.6 Å². The molecule has 104 valence electrons. The second kappa shape index (κ2) is 7.33. The predicted molar refractivity (Wildman–Crippen MR) is 91.6 cm³/mol. The monoisotopic (exact) mass is 418 g/mol. The Labute approximate surface area is 140 Å². The molecule has 0 bridgehead atoms. The van der Waals surface area contributed by atoms with Crippen LogP contribution in [0.3, 0.4) is 0 Å². The van der Waals surface area contributed by atoms with Gasteiger partial charge in [0.25, 0.3) is 0 Å². The average Bonchev–Trinajstić information content (AvgIpc) is 2.42. The summed E-state index contributed by atoms with van der Waals surface area (Å²) in [6.45, 7) is 0. The van der Waals surface area contributed by atoms with Crippen LogP contribution in [0, 0.1) is 3.57 Å². The topological polar surface area (TPSA) is 37.3 Å². The molecular formula is C15H12ClIO2S. The fourth-order valence-electron chi connectivity index (χ4n) is 1.69. The maximum atomic E-state index is 11.4. The largest absolute Gasteiger partial charge is 0.480 e. The first-order valence-electron chi connectivity index (χ1n) is 5.94. The number of carboxylic acid groups (broad SMARTS) is 1. The van der Waals surface area contributed by atoms with E-state index in [1.165, 1.54) is 11.8 Å². The van der Waals surface area contributed by atoms with E-state index in [0.717, 1.165) is 14.0 Å². The van der Waals surface area contributed by atoms with Crippen molar-refractivity contribution in [3.63, 3.8) is 0 Å². The van der Waals surface area contributed by atoms with Gasteiger partial charge in [-0.2, -0.15) is 0 Å². The molecule has 0 unspecified atom stereocenters. The molecule has 1 N–H and O–H groups in total. The molecule has 0 aliphatic heterocycles. The van der Waals surface area contributed by atoms with Crippen LogP contribution in [0.15, 0.2) is 53.4 Å². The van der Waals surface area contributed by atoms with E-state index in [1.807, 2.05) is 36.4 Å². The van der Waals surface area contributed by atoms with Gasteiger partial charge in [-0.1, -0.05) is 23.7 Å². The number of aliphatic carboxylic acids is 1. The molecule has 0 amide bonds. The third-order valence-electron chi connectivity index (χ3n) is 2.70. The van der Waals surface area contributed by atoms with E-state index in [-0.39, 0.29) is 0 Å². The summed E-state index contributed by atoms with van der Waals surface area (Å²) in [7, 11) is 0. The average molecular weight is 419 g/mol. The highest BCUT2D eigenvalue weighted by Gasteiger charge is 2.19. The Kier molecular flexibility index (Phi) is 5.74. The van der Waals surface area contributed by atoms with Gasteiger partial charge in [-0.25, -0.2) is 0 Å². The van der Waals surface area contributed by atoms with Crippen LogP contribution in [-0.2, 0) is 11.2 Å². The van der Waals surface area contributed by atoms with Crippen molar-refractivity contribution in [3.05, 3.63) is 62.7 Å². The van der Waals surface area contributed by atoms with Gasteiger partial charge in [-0.15, -0.1) is 11.8 Å². The summed E-state index contributed by atoms with van der Waals surface area (Å²) in [5.41, 5.74) is 1.03. The van der Waals surface area contributed by atoms with Crippen molar-refractivity contribution in [2.75, 3.05) is 0 Å². The summed E-state index contributed by atoms with van der Waals surface area (Å²) < 4.78 is 1.14. The van der Waals surface area contributed by atoms with Gasteiger partial charge in [0.05, 0.1) is 0 Å². The zero-order valence-electron chi connectivity index (χ0n) is 10.4. The van der Waals surface area contributed by atoms with Crippen LogP contribution in [0.1, 0.15) is 5.56 Å². The Balaban J connectivity index is 2.09. The molecule has 0 fully saturated rings. The number of benzene rings is 2. The first kappa shape index (κ1) is 15.7. The number of halogens is 2. The Morgan fingerprint density at radius 1 is 1.15 bits per heavy atom. The second-order valence-electron chi connectivity index (χ2n) is 4.23. The van der Waals surface area contributed by atoms with Crippen molar-refractivity contribution >= 4 is 51.9 Å². The maximum Gasteiger partial charge on any atom is 0.317 e. The Hall–Kier alpha value is -0.720.